The number of rotatable bonds is 8. The molecule has 0 atom stereocenters. The van der Waals surface area contributed by atoms with Gasteiger partial charge in [-0.05, 0) is 68.0 Å². The number of benzene rings is 2. The van der Waals surface area contributed by atoms with E-state index in [0.29, 0.717) is 17.1 Å². The fourth-order valence-electron chi connectivity index (χ4n) is 3.42. The lowest BCUT2D eigenvalue weighted by atomic mass is 9.79. The molecule has 5 nitrogen and oxygen atoms in total. The number of phenols is 1. The van der Waals surface area contributed by atoms with Gasteiger partial charge < -0.3 is 14.6 Å². The highest BCUT2D eigenvalue weighted by atomic mass is 32.2. The van der Waals surface area contributed by atoms with E-state index in [0.717, 1.165) is 16.0 Å². The molecule has 0 bridgehead atoms. The second-order valence-corrected chi connectivity index (χ2v) is 12.0. The first-order valence-electron chi connectivity index (χ1n) is 11.6. The topological polar surface area (TPSA) is 72.8 Å². The van der Waals surface area contributed by atoms with Crippen LogP contribution in [0.1, 0.15) is 83.8 Å². The molecule has 0 spiro atoms. The van der Waals surface area contributed by atoms with Gasteiger partial charge in [0.2, 0.25) is 0 Å². The number of phenolic OH excluding ortho intramolecular Hbond substituents is 1. The molecule has 6 heteroatoms. The Kier molecular flexibility index (Phi) is 8.52. The molecule has 0 saturated carbocycles. The molecule has 0 amide bonds. The molecule has 0 aliphatic rings. The highest BCUT2D eigenvalue weighted by molar-refractivity contribution is 8.00. The van der Waals surface area contributed by atoms with E-state index >= 15 is 0 Å². The normalized spacial score (nSPS) is 12.4. The standard InChI is InChI=1S/C28H38O5S/c1-10-32-25(31)28(8,9)33-19-13-11-18(12-14-19)23(29)17-34-20-15-21(26(2,3)4)24(30)22(16-20)27(5,6)7/h11-16,30H,10,17H2,1-9H3. The molecule has 2 aromatic carbocycles. The highest BCUT2D eigenvalue weighted by Gasteiger charge is 2.31. The van der Waals surface area contributed by atoms with E-state index in [2.05, 4.69) is 41.5 Å². The third-order valence-corrected chi connectivity index (χ3v) is 6.36. The average Bonchev–Trinajstić information content (AvgIpc) is 2.71. The van der Waals surface area contributed by atoms with Crippen LogP contribution in [0, 0.1) is 0 Å². The average molecular weight is 487 g/mol. The minimum absolute atomic E-state index is 0.0103. The SMILES string of the molecule is CCOC(=O)C(C)(C)Oc1ccc(C(=O)CSc2cc(C(C)(C)C)c(O)c(C(C)(C)C)c2)cc1. The molecule has 186 valence electrons. The van der Waals surface area contributed by atoms with E-state index in [1.54, 1.807) is 45.0 Å². The van der Waals surface area contributed by atoms with E-state index in [4.69, 9.17) is 9.47 Å². The Morgan fingerprint density at radius 2 is 1.38 bits per heavy atom. The molecule has 1 N–H and O–H groups in total. The van der Waals surface area contributed by atoms with Gasteiger partial charge in [-0.2, -0.15) is 0 Å². The van der Waals surface area contributed by atoms with E-state index < -0.39 is 11.6 Å². The second-order valence-electron chi connectivity index (χ2n) is 10.9. The number of esters is 1. The lowest BCUT2D eigenvalue weighted by Gasteiger charge is -2.28. The third-order valence-electron chi connectivity index (χ3n) is 5.39. The zero-order valence-corrected chi connectivity index (χ0v) is 22.7. The maximum Gasteiger partial charge on any atom is 0.349 e. The van der Waals surface area contributed by atoms with Crippen LogP contribution in [0.4, 0.5) is 0 Å². The molecule has 0 aliphatic heterocycles. The summed E-state index contributed by atoms with van der Waals surface area (Å²) in [6, 6.07) is 10.8. The fourth-order valence-corrected chi connectivity index (χ4v) is 4.28. The predicted molar refractivity (Wildman–Crippen MR) is 138 cm³/mol. The Morgan fingerprint density at radius 1 is 0.882 bits per heavy atom. The van der Waals surface area contributed by atoms with Crippen molar-refractivity contribution in [3.8, 4) is 11.5 Å². The Bertz CT molecular complexity index is 989. The Morgan fingerprint density at radius 3 is 1.82 bits per heavy atom. The zero-order chi connectivity index (χ0) is 25.9. The van der Waals surface area contributed by atoms with Crippen molar-refractivity contribution in [1.82, 2.24) is 0 Å². The van der Waals surface area contributed by atoms with Crippen molar-refractivity contribution in [3.63, 3.8) is 0 Å². The summed E-state index contributed by atoms with van der Waals surface area (Å²) in [6.45, 7) is 17.8. The lowest BCUT2D eigenvalue weighted by molar-refractivity contribution is -0.158. The summed E-state index contributed by atoms with van der Waals surface area (Å²) in [5.41, 5.74) is 0.752. The van der Waals surface area contributed by atoms with Gasteiger partial charge in [-0.15, -0.1) is 11.8 Å². The van der Waals surface area contributed by atoms with Crippen LogP contribution in [0.15, 0.2) is 41.3 Å². The van der Waals surface area contributed by atoms with Gasteiger partial charge in [-0.25, -0.2) is 4.79 Å². The monoisotopic (exact) mass is 486 g/mol. The quantitative estimate of drug-likeness (QED) is 0.255. The number of carbonyl (C=O) groups excluding carboxylic acids is 2. The summed E-state index contributed by atoms with van der Waals surface area (Å²) in [4.78, 5) is 25.8. The molecular weight excluding hydrogens is 448 g/mol. The van der Waals surface area contributed by atoms with Gasteiger partial charge in [0.15, 0.2) is 11.4 Å². The van der Waals surface area contributed by atoms with Crippen LogP contribution in [0.25, 0.3) is 0 Å². The van der Waals surface area contributed by atoms with Gasteiger partial charge in [0, 0.05) is 21.6 Å². The van der Waals surface area contributed by atoms with E-state index in [9.17, 15) is 14.7 Å². The van der Waals surface area contributed by atoms with Crippen molar-refractivity contribution in [2.45, 2.75) is 83.6 Å². The summed E-state index contributed by atoms with van der Waals surface area (Å²) < 4.78 is 10.8. The molecule has 34 heavy (non-hydrogen) atoms. The van der Waals surface area contributed by atoms with Crippen molar-refractivity contribution < 1.29 is 24.2 Å². The minimum atomic E-state index is -1.12. The van der Waals surface area contributed by atoms with Crippen molar-refractivity contribution in [2.24, 2.45) is 0 Å². The van der Waals surface area contributed by atoms with Crippen LogP contribution in [-0.4, -0.2) is 34.8 Å². The van der Waals surface area contributed by atoms with Crippen molar-refractivity contribution in [2.75, 3.05) is 12.4 Å². The number of ether oxygens (including phenoxy) is 2. The maximum absolute atomic E-state index is 12.9. The van der Waals surface area contributed by atoms with Gasteiger partial charge in [0.25, 0.3) is 0 Å². The molecule has 0 saturated heterocycles. The molecule has 0 radical (unpaired) electrons. The smallest absolute Gasteiger partial charge is 0.349 e. The minimum Gasteiger partial charge on any atom is -0.507 e. The first-order valence-corrected chi connectivity index (χ1v) is 12.5. The summed E-state index contributed by atoms with van der Waals surface area (Å²) in [6.07, 6.45) is 0. The predicted octanol–water partition coefficient (Wildman–Crippen LogP) is 6.68. The largest absolute Gasteiger partial charge is 0.507 e. The molecule has 0 aromatic heterocycles. The number of Topliss-reactive ketones (excluding diaryl/α,β-unsaturated/α-hetero) is 1. The van der Waals surface area contributed by atoms with Crippen LogP contribution in [-0.2, 0) is 20.4 Å². The fraction of sp³-hybridized carbons (Fsp3) is 0.500. The first kappa shape index (κ1) is 27.8. The molecule has 2 aromatic rings. The summed E-state index contributed by atoms with van der Waals surface area (Å²) >= 11 is 1.46. The van der Waals surface area contributed by atoms with Crippen molar-refractivity contribution in [3.05, 3.63) is 53.1 Å². The number of thioether (sulfide) groups is 1. The van der Waals surface area contributed by atoms with E-state index in [1.165, 1.54) is 11.8 Å². The summed E-state index contributed by atoms with van der Waals surface area (Å²) in [5.74, 6) is 0.642. The number of carbonyl (C=O) groups is 2. The van der Waals surface area contributed by atoms with Crippen LogP contribution < -0.4 is 4.74 Å². The van der Waals surface area contributed by atoms with Gasteiger partial charge in [0.05, 0.1) is 12.4 Å². The van der Waals surface area contributed by atoms with Crippen LogP contribution in [0.5, 0.6) is 11.5 Å². The molecule has 0 fully saturated rings. The molecule has 2 rings (SSSR count). The van der Waals surface area contributed by atoms with E-state index in [1.807, 2.05) is 12.1 Å². The van der Waals surface area contributed by atoms with Gasteiger partial charge >= 0.3 is 5.97 Å². The molecular formula is C28H38O5S. The Balaban J connectivity index is 2.16. The van der Waals surface area contributed by atoms with Crippen molar-refractivity contribution in [1.29, 1.82) is 0 Å². The van der Waals surface area contributed by atoms with Crippen LogP contribution in [0.2, 0.25) is 0 Å². The number of ketones is 1. The number of aromatic hydroxyl groups is 1. The zero-order valence-electron chi connectivity index (χ0n) is 21.9. The third kappa shape index (κ3) is 7.02. The van der Waals surface area contributed by atoms with Crippen LogP contribution >= 0.6 is 11.8 Å². The summed E-state index contributed by atoms with van der Waals surface area (Å²) in [5, 5.41) is 10.9. The molecule has 0 unspecified atom stereocenters. The molecule has 0 aliphatic carbocycles. The van der Waals surface area contributed by atoms with Crippen LogP contribution in [0.3, 0.4) is 0 Å². The second kappa shape index (κ2) is 10.4. The lowest BCUT2D eigenvalue weighted by Crippen LogP contribution is -2.39. The Hall–Kier alpha value is -2.47. The maximum atomic E-state index is 12.9. The van der Waals surface area contributed by atoms with E-state index in [-0.39, 0.29) is 29.0 Å². The Labute approximate surface area is 208 Å². The number of hydrogen-bond donors (Lipinski definition) is 1. The first-order chi connectivity index (χ1) is 15.6. The van der Waals surface area contributed by atoms with Gasteiger partial charge in [-0.3, -0.25) is 4.79 Å². The number of hydrogen-bond acceptors (Lipinski definition) is 6. The highest BCUT2D eigenvalue weighted by Crippen LogP contribution is 2.41. The van der Waals surface area contributed by atoms with Crippen molar-refractivity contribution >= 4 is 23.5 Å². The van der Waals surface area contributed by atoms with Gasteiger partial charge in [0.1, 0.15) is 11.5 Å². The van der Waals surface area contributed by atoms with Gasteiger partial charge in [-0.1, -0.05) is 41.5 Å². The molecule has 0 heterocycles. The summed E-state index contributed by atoms with van der Waals surface area (Å²) in [7, 11) is 0.